The number of amides is 2. The van der Waals surface area contributed by atoms with Crippen molar-refractivity contribution in [2.45, 2.75) is 25.8 Å². The highest BCUT2D eigenvalue weighted by Crippen LogP contribution is 2.15. The van der Waals surface area contributed by atoms with Gasteiger partial charge in [0.25, 0.3) is 0 Å². The molecule has 0 aromatic rings. The van der Waals surface area contributed by atoms with Crippen molar-refractivity contribution in [2.75, 3.05) is 19.6 Å². The fraction of sp³-hybridized carbons (Fsp3) is 0.818. The van der Waals surface area contributed by atoms with E-state index in [1.54, 1.807) is 0 Å². The molecule has 0 aliphatic carbocycles. The van der Waals surface area contributed by atoms with E-state index in [1.165, 1.54) is 0 Å². The van der Waals surface area contributed by atoms with Crippen LogP contribution in [-0.4, -0.2) is 37.5 Å². The predicted molar refractivity (Wildman–Crippen MR) is 59.7 cm³/mol. The van der Waals surface area contributed by atoms with Crippen LogP contribution in [0.3, 0.4) is 0 Å². The molecular formula is C11H19N3O2. The number of carbonyl (C=O) groups excluding carboxylic acids is 2. The molecule has 5 nitrogen and oxygen atoms in total. The number of carbonyl (C=O) groups is 2. The summed E-state index contributed by atoms with van der Waals surface area (Å²) in [6.07, 6.45) is 1.42. The summed E-state index contributed by atoms with van der Waals surface area (Å²) in [6.45, 7) is 4.33. The van der Waals surface area contributed by atoms with E-state index in [2.05, 4.69) is 22.9 Å². The zero-order chi connectivity index (χ0) is 11.5. The van der Waals surface area contributed by atoms with Crippen LogP contribution in [-0.2, 0) is 9.59 Å². The SMILES string of the molecule is CC1CNCC1C(=O)NCC1CCC(=O)N1. The first-order valence-corrected chi connectivity index (χ1v) is 5.94. The molecule has 0 saturated carbocycles. The first-order chi connectivity index (χ1) is 7.66. The number of nitrogens with one attached hydrogen (secondary N) is 3. The second-order valence-electron chi connectivity index (χ2n) is 4.79. The molecule has 2 heterocycles. The third kappa shape index (κ3) is 2.52. The van der Waals surface area contributed by atoms with Crippen LogP contribution in [0, 0.1) is 11.8 Å². The molecule has 16 heavy (non-hydrogen) atoms. The Bertz CT molecular complexity index is 293. The maximum absolute atomic E-state index is 11.8. The fourth-order valence-corrected chi connectivity index (χ4v) is 2.35. The summed E-state index contributed by atoms with van der Waals surface area (Å²) in [7, 11) is 0. The molecule has 2 rings (SSSR count). The Kier molecular flexibility index (Phi) is 3.43. The van der Waals surface area contributed by atoms with Gasteiger partial charge in [-0.05, 0) is 18.9 Å². The lowest BCUT2D eigenvalue weighted by Gasteiger charge is -2.16. The van der Waals surface area contributed by atoms with Gasteiger partial charge in [0.1, 0.15) is 0 Å². The van der Waals surface area contributed by atoms with Gasteiger partial charge in [0.15, 0.2) is 0 Å². The highest BCUT2D eigenvalue weighted by atomic mass is 16.2. The Morgan fingerprint density at radius 3 is 2.88 bits per heavy atom. The largest absolute Gasteiger partial charge is 0.354 e. The molecule has 90 valence electrons. The third-order valence-electron chi connectivity index (χ3n) is 3.46. The molecule has 0 aromatic heterocycles. The van der Waals surface area contributed by atoms with Crippen molar-refractivity contribution in [3.8, 4) is 0 Å². The molecule has 0 radical (unpaired) electrons. The normalized spacial score (nSPS) is 33.8. The van der Waals surface area contributed by atoms with Crippen molar-refractivity contribution in [2.24, 2.45) is 11.8 Å². The Hall–Kier alpha value is -1.10. The topological polar surface area (TPSA) is 70.2 Å². The van der Waals surface area contributed by atoms with Crippen molar-refractivity contribution in [1.82, 2.24) is 16.0 Å². The Morgan fingerprint density at radius 1 is 1.50 bits per heavy atom. The van der Waals surface area contributed by atoms with Crippen molar-refractivity contribution in [3.05, 3.63) is 0 Å². The van der Waals surface area contributed by atoms with Crippen LogP contribution in [0.4, 0.5) is 0 Å². The van der Waals surface area contributed by atoms with Crippen molar-refractivity contribution in [1.29, 1.82) is 0 Å². The van der Waals surface area contributed by atoms with Crippen LogP contribution in [0.25, 0.3) is 0 Å². The zero-order valence-corrected chi connectivity index (χ0v) is 9.58. The maximum atomic E-state index is 11.8. The Morgan fingerprint density at radius 2 is 2.31 bits per heavy atom. The molecule has 3 N–H and O–H groups in total. The average molecular weight is 225 g/mol. The van der Waals surface area contributed by atoms with Crippen molar-refractivity contribution < 1.29 is 9.59 Å². The molecule has 2 aliphatic heterocycles. The lowest BCUT2D eigenvalue weighted by molar-refractivity contribution is -0.125. The van der Waals surface area contributed by atoms with Crippen LogP contribution in [0.5, 0.6) is 0 Å². The van der Waals surface area contributed by atoms with E-state index < -0.39 is 0 Å². The van der Waals surface area contributed by atoms with Gasteiger partial charge in [0.2, 0.25) is 11.8 Å². The summed E-state index contributed by atoms with van der Waals surface area (Å²) in [5.74, 6) is 0.684. The second-order valence-corrected chi connectivity index (χ2v) is 4.79. The van der Waals surface area contributed by atoms with Gasteiger partial charge < -0.3 is 16.0 Å². The van der Waals surface area contributed by atoms with E-state index in [0.29, 0.717) is 18.9 Å². The van der Waals surface area contributed by atoms with Crippen LogP contribution in [0.15, 0.2) is 0 Å². The number of rotatable bonds is 3. The Labute approximate surface area is 95.3 Å². The standard InChI is InChI=1S/C11H19N3O2/c1-7-4-12-6-9(7)11(16)13-5-8-2-3-10(15)14-8/h7-9,12H,2-6H2,1H3,(H,13,16)(H,14,15). The van der Waals surface area contributed by atoms with E-state index in [4.69, 9.17) is 0 Å². The lowest BCUT2D eigenvalue weighted by Crippen LogP contribution is -2.42. The second kappa shape index (κ2) is 4.82. The minimum atomic E-state index is 0.0807. The van der Waals surface area contributed by atoms with Gasteiger partial charge in [0.05, 0.1) is 5.92 Å². The van der Waals surface area contributed by atoms with Crippen LogP contribution >= 0.6 is 0 Å². The van der Waals surface area contributed by atoms with Gasteiger partial charge in [-0.2, -0.15) is 0 Å². The Balaban J connectivity index is 1.73. The molecule has 2 fully saturated rings. The molecule has 0 spiro atoms. The first-order valence-electron chi connectivity index (χ1n) is 5.94. The molecule has 3 unspecified atom stereocenters. The number of hydrogen-bond donors (Lipinski definition) is 3. The van der Waals surface area contributed by atoms with Crippen molar-refractivity contribution >= 4 is 11.8 Å². The summed E-state index contributed by atoms with van der Waals surface area (Å²) >= 11 is 0. The van der Waals surface area contributed by atoms with Crippen LogP contribution < -0.4 is 16.0 Å². The predicted octanol–water partition coefficient (Wildman–Crippen LogP) is -0.763. The smallest absolute Gasteiger partial charge is 0.224 e. The highest BCUT2D eigenvalue weighted by molar-refractivity contribution is 5.80. The molecule has 0 aromatic carbocycles. The van der Waals surface area contributed by atoms with E-state index in [-0.39, 0.29) is 23.8 Å². The monoisotopic (exact) mass is 225 g/mol. The van der Waals surface area contributed by atoms with E-state index in [1.807, 2.05) is 0 Å². The van der Waals surface area contributed by atoms with Crippen LogP contribution in [0.1, 0.15) is 19.8 Å². The lowest BCUT2D eigenvalue weighted by atomic mass is 9.97. The summed E-state index contributed by atoms with van der Waals surface area (Å²) in [5.41, 5.74) is 0. The minimum absolute atomic E-state index is 0.0807. The zero-order valence-electron chi connectivity index (χ0n) is 9.58. The summed E-state index contributed by atoms with van der Waals surface area (Å²) in [4.78, 5) is 22.8. The molecule has 2 amide bonds. The first kappa shape index (κ1) is 11.4. The molecule has 5 heteroatoms. The molecular weight excluding hydrogens is 206 g/mol. The van der Waals surface area contributed by atoms with E-state index in [0.717, 1.165) is 19.5 Å². The molecule has 3 atom stereocenters. The number of hydrogen-bond acceptors (Lipinski definition) is 3. The molecule has 0 bridgehead atoms. The van der Waals surface area contributed by atoms with Gasteiger partial charge in [0, 0.05) is 25.6 Å². The minimum Gasteiger partial charge on any atom is -0.354 e. The third-order valence-corrected chi connectivity index (χ3v) is 3.46. The fourth-order valence-electron chi connectivity index (χ4n) is 2.35. The van der Waals surface area contributed by atoms with Gasteiger partial charge >= 0.3 is 0 Å². The van der Waals surface area contributed by atoms with E-state index >= 15 is 0 Å². The summed E-state index contributed by atoms with van der Waals surface area (Å²) in [6, 6.07) is 0.126. The maximum Gasteiger partial charge on any atom is 0.224 e. The molecule has 2 saturated heterocycles. The summed E-state index contributed by atoms with van der Waals surface area (Å²) < 4.78 is 0. The van der Waals surface area contributed by atoms with Gasteiger partial charge in [-0.15, -0.1) is 0 Å². The molecule has 2 aliphatic rings. The average Bonchev–Trinajstić information content (AvgIpc) is 2.84. The van der Waals surface area contributed by atoms with Gasteiger partial charge in [-0.3, -0.25) is 9.59 Å². The van der Waals surface area contributed by atoms with Gasteiger partial charge in [-0.1, -0.05) is 6.92 Å². The highest BCUT2D eigenvalue weighted by Gasteiger charge is 2.30. The van der Waals surface area contributed by atoms with Crippen molar-refractivity contribution in [3.63, 3.8) is 0 Å². The van der Waals surface area contributed by atoms with Gasteiger partial charge in [-0.25, -0.2) is 0 Å². The quantitative estimate of drug-likeness (QED) is 0.591. The van der Waals surface area contributed by atoms with Crippen LogP contribution in [0.2, 0.25) is 0 Å². The van der Waals surface area contributed by atoms with E-state index in [9.17, 15) is 9.59 Å². The summed E-state index contributed by atoms with van der Waals surface area (Å²) in [5, 5.41) is 8.97.